The van der Waals surface area contributed by atoms with Gasteiger partial charge >= 0.3 is 0 Å². The Bertz CT molecular complexity index is 743. The van der Waals surface area contributed by atoms with Crippen LogP contribution in [-0.4, -0.2) is 15.6 Å². The standard InChI is InChI=1S/C13H10ClFN2O3/c1-17-4-2-3-10(13(17)20)16-12(19)8-5-7(15)6-9(14)11(8)18/h2-6,18H,1H3,(H,16,19). The van der Waals surface area contributed by atoms with E-state index in [1.54, 1.807) is 6.07 Å². The van der Waals surface area contributed by atoms with Crippen molar-refractivity contribution in [3.63, 3.8) is 0 Å². The number of pyridine rings is 1. The largest absolute Gasteiger partial charge is 0.506 e. The SMILES string of the molecule is Cn1cccc(NC(=O)c2cc(F)cc(Cl)c2O)c1=O. The van der Waals surface area contributed by atoms with E-state index in [2.05, 4.69) is 5.32 Å². The molecule has 1 aromatic heterocycles. The summed E-state index contributed by atoms with van der Waals surface area (Å²) in [7, 11) is 1.52. The number of nitrogens with zero attached hydrogens (tertiary/aromatic N) is 1. The highest BCUT2D eigenvalue weighted by molar-refractivity contribution is 6.32. The van der Waals surface area contributed by atoms with Crippen molar-refractivity contribution < 1.29 is 14.3 Å². The fourth-order valence-electron chi connectivity index (χ4n) is 1.62. The van der Waals surface area contributed by atoms with Crippen LogP contribution in [0.2, 0.25) is 5.02 Å². The smallest absolute Gasteiger partial charge is 0.274 e. The van der Waals surface area contributed by atoms with Crippen molar-refractivity contribution >= 4 is 23.2 Å². The molecular formula is C13H10ClFN2O3. The molecule has 0 aliphatic carbocycles. The summed E-state index contributed by atoms with van der Waals surface area (Å²) in [5, 5.41) is 11.7. The van der Waals surface area contributed by atoms with E-state index in [1.165, 1.54) is 23.9 Å². The number of nitrogens with one attached hydrogen (secondary N) is 1. The monoisotopic (exact) mass is 296 g/mol. The molecule has 7 heteroatoms. The number of anilines is 1. The van der Waals surface area contributed by atoms with Crippen molar-refractivity contribution in [1.82, 2.24) is 4.57 Å². The van der Waals surface area contributed by atoms with Crippen LogP contribution in [0, 0.1) is 5.82 Å². The summed E-state index contributed by atoms with van der Waals surface area (Å²) in [6, 6.07) is 4.69. The van der Waals surface area contributed by atoms with Crippen molar-refractivity contribution in [2.24, 2.45) is 7.05 Å². The first kappa shape index (κ1) is 14.1. The average molecular weight is 297 g/mol. The van der Waals surface area contributed by atoms with Gasteiger partial charge < -0.3 is 15.0 Å². The molecule has 0 saturated heterocycles. The minimum atomic E-state index is -0.827. The van der Waals surface area contributed by atoms with Gasteiger partial charge in [-0.15, -0.1) is 0 Å². The van der Waals surface area contributed by atoms with Gasteiger partial charge in [-0.05, 0) is 24.3 Å². The fourth-order valence-corrected chi connectivity index (χ4v) is 1.83. The minimum absolute atomic E-state index is 0.0137. The van der Waals surface area contributed by atoms with Crippen molar-refractivity contribution in [3.8, 4) is 5.75 Å². The summed E-state index contributed by atoms with van der Waals surface area (Å²) < 4.78 is 14.5. The molecule has 0 aliphatic heterocycles. The summed E-state index contributed by atoms with van der Waals surface area (Å²) in [5.74, 6) is -2.13. The lowest BCUT2D eigenvalue weighted by Gasteiger charge is -2.08. The summed E-state index contributed by atoms with van der Waals surface area (Å²) in [5.41, 5.74) is -0.761. The first-order chi connectivity index (χ1) is 9.40. The van der Waals surface area contributed by atoms with Gasteiger partial charge in [0.2, 0.25) is 0 Å². The molecule has 1 heterocycles. The normalized spacial score (nSPS) is 10.3. The second kappa shape index (κ2) is 5.34. The molecule has 0 fully saturated rings. The number of phenolic OH excluding ortho intramolecular Hbond substituents is 1. The lowest BCUT2D eigenvalue weighted by Crippen LogP contribution is -2.23. The van der Waals surface area contributed by atoms with E-state index in [0.717, 1.165) is 12.1 Å². The third-order valence-corrected chi connectivity index (χ3v) is 2.93. The number of aromatic hydroxyl groups is 1. The van der Waals surface area contributed by atoms with Crippen LogP contribution in [0.4, 0.5) is 10.1 Å². The third kappa shape index (κ3) is 2.65. The minimum Gasteiger partial charge on any atom is -0.506 e. The molecule has 0 radical (unpaired) electrons. The summed E-state index contributed by atoms with van der Waals surface area (Å²) in [4.78, 5) is 23.7. The number of halogens is 2. The number of benzene rings is 1. The second-order valence-electron chi connectivity index (χ2n) is 4.08. The highest BCUT2D eigenvalue weighted by Gasteiger charge is 2.17. The summed E-state index contributed by atoms with van der Waals surface area (Å²) in [6.45, 7) is 0. The maximum absolute atomic E-state index is 13.2. The molecule has 0 atom stereocenters. The average Bonchev–Trinajstić information content (AvgIpc) is 2.39. The Morgan fingerprint density at radius 1 is 1.45 bits per heavy atom. The first-order valence-corrected chi connectivity index (χ1v) is 5.93. The predicted molar refractivity (Wildman–Crippen MR) is 72.7 cm³/mol. The Labute approximate surface area is 118 Å². The number of carbonyl (C=O) groups excluding carboxylic acids is 1. The molecule has 1 amide bonds. The van der Waals surface area contributed by atoms with E-state index in [9.17, 15) is 19.1 Å². The lowest BCUT2D eigenvalue weighted by atomic mass is 10.1. The van der Waals surface area contributed by atoms with Crippen LogP contribution in [-0.2, 0) is 7.05 Å². The topological polar surface area (TPSA) is 71.3 Å². The third-order valence-electron chi connectivity index (χ3n) is 2.64. The Balaban J connectivity index is 2.38. The first-order valence-electron chi connectivity index (χ1n) is 5.55. The van der Waals surface area contributed by atoms with Gasteiger partial charge in [0, 0.05) is 13.2 Å². The quantitative estimate of drug-likeness (QED) is 0.892. The van der Waals surface area contributed by atoms with Gasteiger partial charge in [-0.1, -0.05) is 11.6 Å². The number of aromatic nitrogens is 1. The van der Waals surface area contributed by atoms with Gasteiger partial charge in [0.25, 0.3) is 11.5 Å². The number of phenols is 1. The maximum Gasteiger partial charge on any atom is 0.274 e. The van der Waals surface area contributed by atoms with Crippen molar-refractivity contribution in [3.05, 3.63) is 57.2 Å². The zero-order chi connectivity index (χ0) is 14.9. The van der Waals surface area contributed by atoms with E-state index < -0.39 is 23.0 Å². The summed E-state index contributed by atoms with van der Waals surface area (Å²) >= 11 is 5.59. The molecule has 2 rings (SSSR count). The van der Waals surface area contributed by atoms with Crippen LogP contribution in [0.25, 0.3) is 0 Å². The molecule has 0 spiro atoms. The Kier molecular flexibility index (Phi) is 3.76. The molecule has 1 aromatic carbocycles. The molecule has 2 aromatic rings. The van der Waals surface area contributed by atoms with Crippen LogP contribution < -0.4 is 10.9 Å². The van der Waals surface area contributed by atoms with Crippen LogP contribution in [0.5, 0.6) is 5.75 Å². The van der Waals surface area contributed by atoms with Crippen LogP contribution in [0.3, 0.4) is 0 Å². The molecule has 104 valence electrons. The van der Waals surface area contributed by atoms with Crippen LogP contribution in [0.15, 0.2) is 35.3 Å². The molecule has 0 saturated carbocycles. The van der Waals surface area contributed by atoms with Gasteiger partial charge in [-0.25, -0.2) is 4.39 Å². The molecular weight excluding hydrogens is 287 g/mol. The molecule has 20 heavy (non-hydrogen) atoms. The van der Waals surface area contributed by atoms with Crippen molar-refractivity contribution in [2.45, 2.75) is 0 Å². The van der Waals surface area contributed by atoms with E-state index in [4.69, 9.17) is 11.6 Å². The Hall–Kier alpha value is -2.34. The lowest BCUT2D eigenvalue weighted by molar-refractivity contribution is 0.102. The number of rotatable bonds is 2. The molecule has 0 unspecified atom stereocenters. The molecule has 0 aliphatic rings. The molecule has 2 N–H and O–H groups in total. The Morgan fingerprint density at radius 2 is 2.15 bits per heavy atom. The highest BCUT2D eigenvalue weighted by atomic mass is 35.5. The number of amides is 1. The van der Waals surface area contributed by atoms with Gasteiger partial charge in [0.05, 0.1) is 10.6 Å². The van der Waals surface area contributed by atoms with Crippen LogP contribution >= 0.6 is 11.6 Å². The van der Waals surface area contributed by atoms with Crippen LogP contribution in [0.1, 0.15) is 10.4 Å². The molecule has 5 nitrogen and oxygen atoms in total. The predicted octanol–water partition coefficient (Wildman–Crippen LogP) is 2.14. The van der Waals surface area contributed by atoms with Gasteiger partial charge in [0.1, 0.15) is 17.3 Å². The number of aryl methyl sites for hydroxylation is 1. The van der Waals surface area contributed by atoms with Crippen molar-refractivity contribution in [1.29, 1.82) is 0 Å². The van der Waals surface area contributed by atoms with Crippen molar-refractivity contribution in [2.75, 3.05) is 5.32 Å². The van der Waals surface area contributed by atoms with E-state index in [1.807, 2.05) is 0 Å². The highest BCUT2D eigenvalue weighted by Crippen LogP contribution is 2.28. The van der Waals surface area contributed by atoms with Gasteiger partial charge in [-0.2, -0.15) is 0 Å². The van der Waals surface area contributed by atoms with E-state index in [-0.39, 0.29) is 16.3 Å². The number of hydrogen-bond donors (Lipinski definition) is 2. The summed E-state index contributed by atoms with van der Waals surface area (Å²) in [6.07, 6.45) is 1.52. The zero-order valence-corrected chi connectivity index (χ0v) is 11.1. The van der Waals surface area contributed by atoms with Gasteiger partial charge in [0.15, 0.2) is 0 Å². The number of hydrogen-bond acceptors (Lipinski definition) is 3. The zero-order valence-electron chi connectivity index (χ0n) is 10.4. The van der Waals surface area contributed by atoms with E-state index >= 15 is 0 Å². The number of carbonyl (C=O) groups is 1. The maximum atomic E-state index is 13.2. The fraction of sp³-hybridized carbons (Fsp3) is 0.0769. The second-order valence-corrected chi connectivity index (χ2v) is 4.48. The van der Waals surface area contributed by atoms with Gasteiger partial charge in [-0.3, -0.25) is 9.59 Å². The Morgan fingerprint density at radius 3 is 2.85 bits per heavy atom. The molecule has 0 bridgehead atoms. The van der Waals surface area contributed by atoms with E-state index in [0.29, 0.717) is 0 Å².